The van der Waals surface area contributed by atoms with Gasteiger partial charge in [0.1, 0.15) is 11.3 Å². The molecule has 0 atom stereocenters. The largest absolute Gasteiger partial charge is 0.465 e. The van der Waals surface area contributed by atoms with Gasteiger partial charge in [-0.05, 0) is 24.6 Å². The van der Waals surface area contributed by atoms with Gasteiger partial charge in [0.15, 0.2) is 0 Å². The van der Waals surface area contributed by atoms with Crippen molar-refractivity contribution in [3.05, 3.63) is 58.1 Å². The van der Waals surface area contributed by atoms with E-state index in [0.29, 0.717) is 16.9 Å². The molecule has 0 unspecified atom stereocenters. The van der Waals surface area contributed by atoms with Gasteiger partial charge in [-0.2, -0.15) is 9.78 Å². The van der Waals surface area contributed by atoms with Crippen LogP contribution in [0.2, 0.25) is 0 Å². The highest BCUT2D eigenvalue weighted by Crippen LogP contribution is 2.22. The number of benzene rings is 1. The zero-order valence-corrected chi connectivity index (χ0v) is 12.5. The van der Waals surface area contributed by atoms with E-state index >= 15 is 0 Å². The van der Waals surface area contributed by atoms with Gasteiger partial charge >= 0.3 is 5.97 Å². The number of aryl methyl sites for hydroxylation is 2. The van der Waals surface area contributed by atoms with Crippen LogP contribution >= 0.6 is 0 Å². The minimum Gasteiger partial charge on any atom is -0.465 e. The lowest BCUT2D eigenvalue weighted by atomic mass is 10.1. The molecule has 0 fully saturated rings. The predicted octanol–water partition coefficient (Wildman–Crippen LogP) is 1.77. The Hall–Kier alpha value is -2.89. The van der Waals surface area contributed by atoms with Crippen LogP contribution in [0.4, 0.5) is 0 Å². The number of nitrogens with zero attached hydrogens (tertiary/aromatic N) is 3. The minimum atomic E-state index is -0.518. The molecule has 3 rings (SSSR count). The first-order chi connectivity index (χ1) is 10.5. The summed E-state index contributed by atoms with van der Waals surface area (Å²) in [6, 6.07) is 7.47. The maximum Gasteiger partial charge on any atom is 0.341 e. The standard InChI is InChI=1S/C16H15N3O3/c1-10-5-4-6-11(7-10)19-15(20)12-8-18(2)9-13(14(12)17-19)16(21)22-3/h4-9H,1-3H3. The Morgan fingerprint density at radius 1 is 1.27 bits per heavy atom. The molecule has 112 valence electrons. The minimum absolute atomic E-state index is 0.262. The molecule has 0 aromatic heterocycles. The summed E-state index contributed by atoms with van der Waals surface area (Å²) in [4.78, 5) is 24.5. The van der Waals surface area contributed by atoms with Crippen molar-refractivity contribution in [2.45, 2.75) is 6.92 Å². The highest BCUT2D eigenvalue weighted by Gasteiger charge is 2.24. The summed E-state index contributed by atoms with van der Waals surface area (Å²) in [5, 5.41) is 4.32. The van der Waals surface area contributed by atoms with Crippen molar-refractivity contribution in [3.63, 3.8) is 0 Å². The van der Waals surface area contributed by atoms with Crippen LogP contribution in [0.25, 0.3) is 16.9 Å². The van der Waals surface area contributed by atoms with Gasteiger partial charge < -0.3 is 9.30 Å². The fraction of sp³-hybridized carbons (Fsp3) is 0.188. The third kappa shape index (κ3) is 2.18. The quantitative estimate of drug-likeness (QED) is 0.676. The van der Waals surface area contributed by atoms with Crippen molar-refractivity contribution in [1.29, 1.82) is 0 Å². The first-order valence-corrected chi connectivity index (χ1v) is 6.75. The van der Waals surface area contributed by atoms with Crippen molar-refractivity contribution >= 4 is 5.97 Å². The number of esters is 1. The molecular weight excluding hydrogens is 282 g/mol. The SMILES string of the molecule is COC(=O)c1cn(C)cc2c(=O)n(-c3cccc(C)c3)nc1-2. The smallest absolute Gasteiger partial charge is 0.341 e. The fourth-order valence-electron chi connectivity index (χ4n) is 2.43. The van der Waals surface area contributed by atoms with Crippen LogP contribution in [-0.2, 0) is 11.8 Å². The molecule has 0 saturated heterocycles. The summed E-state index contributed by atoms with van der Waals surface area (Å²) in [5.41, 5.74) is 2.42. The topological polar surface area (TPSA) is 66.1 Å². The molecule has 6 nitrogen and oxygen atoms in total. The number of ether oxygens (including phenoxy) is 1. The Morgan fingerprint density at radius 3 is 2.73 bits per heavy atom. The highest BCUT2D eigenvalue weighted by molar-refractivity contribution is 5.96. The molecule has 0 spiro atoms. The second-order valence-corrected chi connectivity index (χ2v) is 5.15. The Labute approximate surface area is 126 Å². The van der Waals surface area contributed by atoms with Crippen molar-refractivity contribution in [1.82, 2.24) is 14.3 Å². The van der Waals surface area contributed by atoms with E-state index in [0.717, 1.165) is 5.56 Å². The summed E-state index contributed by atoms with van der Waals surface area (Å²) >= 11 is 0. The van der Waals surface area contributed by atoms with Gasteiger partial charge in [0, 0.05) is 19.4 Å². The van der Waals surface area contributed by atoms with Crippen molar-refractivity contribution in [3.8, 4) is 16.9 Å². The number of fused-ring (bicyclic) bond motifs is 1. The Kier molecular flexibility index (Phi) is 3.29. The first kappa shape index (κ1) is 14.1. The molecule has 0 radical (unpaired) electrons. The van der Waals surface area contributed by atoms with Crippen molar-refractivity contribution in [2.75, 3.05) is 7.11 Å². The molecule has 22 heavy (non-hydrogen) atoms. The van der Waals surface area contributed by atoms with E-state index in [1.165, 1.54) is 11.8 Å². The fourth-order valence-corrected chi connectivity index (χ4v) is 2.43. The van der Waals surface area contributed by atoms with E-state index in [9.17, 15) is 9.59 Å². The zero-order chi connectivity index (χ0) is 15.9. The Morgan fingerprint density at radius 2 is 2.05 bits per heavy atom. The Bertz CT molecular complexity index is 892. The first-order valence-electron chi connectivity index (χ1n) is 6.75. The normalized spacial score (nSPS) is 10.9. The van der Waals surface area contributed by atoms with Crippen LogP contribution in [0.3, 0.4) is 0 Å². The maximum absolute atomic E-state index is 12.6. The number of rotatable bonds is 2. The molecule has 1 aromatic rings. The number of pyridine rings is 1. The van der Waals surface area contributed by atoms with Crippen LogP contribution in [0, 0.1) is 6.92 Å². The molecule has 0 N–H and O–H groups in total. The average molecular weight is 297 g/mol. The van der Waals surface area contributed by atoms with E-state index in [2.05, 4.69) is 5.10 Å². The lowest BCUT2D eigenvalue weighted by Gasteiger charge is -2.06. The molecule has 2 aliphatic heterocycles. The molecular formula is C16H15N3O3. The lowest BCUT2D eigenvalue weighted by Crippen LogP contribution is -2.15. The van der Waals surface area contributed by atoms with Crippen molar-refractivity contribution < 1.29 is 9.53 Å². The average Bonchev–Trinajstić information content (AvgIpc) is 2.83. The van der Waals surface area contributed by atoms with Crippen LogP contribution in [0.5, 0.6) is 0 Å². The second kappa shape index (κ2) is 5.14. The van der Waals surface area contributed by atoms with Gasteiger partial charge in [0.05, 0.1) is 18.4 Å². The van der Waals surface area contributed by atoms with Crippen LogP contribution in [-0.4, -0.2) is 27.4 Å². The van der Waals surface area contributed by atoms with E-state index in [1.54, 1.807) is 30.1 Å². The number of methoxy groups -OCH3 is 1. The van der Waals surface area contributed by atoms with Gasteiger partial charge in [-0.15, -0.1) is 0 Å². The summed E-state index contributed by atoms with van der Waals surface area (Å²) in [5.74, 6) is -0.518. The van der Waals surface area contributed by atoms with Crippen molar-refractivity contribution in [2.24, 2.45) is 7.05 Å². The van der Waals surface area contributed by atoms with Gasteiger partial charge in [0.25, 0.3) is 5.56 Å². The van der Waals surface area contributed by atoms with E-state index in [-0.39, 0.29) is 11.1 Å². The molecule has 2 aliphatic rings. The molecule has 6 heteroatoms. The van der Waals surface area contributed by atoms with Gasteiger partial charge in [0.2, 0.25) is 0 Å². The number of carbonyl (C=O) groups excluding carboxylic acids is 1. The van der Waals surface area contributed by atoms with Crippen LogP contribution in [0.15, 0.2) is 41.5 Å². The molecule has 0 saturated carbocycles. The summed E-state index contributed by atoms with van der Waals surface area (Å²) in [6.45, 7) is 1.94. The molecule has 0 amide bonds. The lowest BCUT2D eigenvalue weighted by molar-refractivity contribution is 0.0600. The zero-order valence-electron chi connectivity index (χ0n) is 12.5. The van der Waals surface area contributed by atoms with Crippen LogP contribution in [0.1, 0.15) is 15.9 Å². The van der Waals surface area contributed by atoms with E-state index in [4.69, 9.17) is 4.74 Å². The summed E-state index contributed by atoms with van der Waals surface area (Å²) in [6.07, 6.45) is 3.25. The molecule has 2 heterocycles. The maximum atomic E-state index is 12.6. The van der Waals surface area contributed by atoms with Crippen LogP contribution < -0.4 is 5.56 Å². The number of hydrogen-bond donors (Lipinski definition) is 0. The highest BCUT2D eigenvalue weighted by atomic mass is 16.5. The van der Waals surface area contributed by atoms with E-state index in [1.807, 2.05) is 25.1 Å². The molecule has 0 aliphatic carbocycles. The second-order valence-electron chi connectivity index (χ2n) is 5.15. The summed E-state index contributed by atoms with van der Waals surface area (Å²) < 4.78 is 7.73. The van der Waals surface area contributed by atoms with Gasteiger partial charge in [-0.1, -0.05) is 12.1 Å². The molecule has 0 bridgehead atoms. The number of hydrogen-bond acceptors (Lipinski definition) is 4. The number of carbonyl (C=O) groups is 1. The number of aromatic nitrogens is 3. The third-order valence-electron chi connectivity index (χ3n) is 3.45. The summed E-state index contributed by atoms with van der Waals surface area (Å²) in [7, 11) is 3.05. The Balaban J connectivity index is 2.31. The molecule has 1 aromatic carbocycles. The van der Waals surface area contributed by atoms with E-state index < -0.39 is 5.97 Å². The monoisotopic (exact) mass is 297 g/mol. The third-order valence-corrected chi connectivity index (χ3v) is 3.45. The predicted molar refractivity (Wildman–Crippen MR) is 81.5 cm³/mol. The van der Waals surface area contributed by atoms with Gasteiger partial charge in [-0.25, -0.2) is 4.79 Å². The van der Waals surface area contributed by atoms with Gasteiger partial charge in [-0.3, -0.25) is 4.79 Å².